The summed E-state index contributed by atoms with van der Waals surface area (Å²) in [5, 5.41) is 4.20. The van der Waals surface area contributed by atoms with E-state index in [0.29, 0.717) is 6.61 Å². The van der Waals surface area contributed by atoms with E-state index in [1.54, 1.807) is 0 Å². The van der Waals surface area contributed by atoms with Crippen LogP contribution in [0.25, 0.3) is 10.9 Å². The Morgan fingerprint density at radius 1 is 1.47 bits per heavy atom. The number of benzene rings is 1. The van der Waals surface area contributed by atoms with Crippen molar-refractivity contribution in [1.82, 2.24) is 10.3 Å². The van der Waals surface area contributed by atoms with Crippen molar-refractivity contribution in [2.24, 2.45) is 0 Å². The van der Waals surface area contributed by atoms with Crippen molar-refractivity contribution >= 4 is 16.7 Å². The van der Waals surface area contributed by atoms with Crippen molar-refractivity contribution in [3.63, 3.8) is 0 Å². The zero-order valence-corrected chi connectivity index (χ0v) is 11.0. The lowest BCUT2D eigenvalue weighted by molar-refractivity contribution is 0.0954. The lowest BCUT2D eigenvalue weighted by Crippen LogP contribution is -2.30. The fourth-order valence-corrected chi connectivity index (χ4v) is 2.66. The van der Waals surface area contributed by atoms with Crippen LogP contribution in [-0.4, -0.2) is 30.0 Å². The van der Waals surface area contributed by atoms with Crippen molar-refractivity contribution in [3.8, 4) is 5.75 Å². The van der Waals surface area contributed by atoms with Crippen molar-refractivity contribution in [3.05, 3.63) is 30.0 Å². The lowest BCUT2D eigenvalue weighted by Gasteiger charge is -2.08. The number of H-pyrrole nitrogens is 1. The number of carbonyl (C=O) groups is 1. The van der Waals surface area contributed by atoms with Crippen LogP contribution in [0.4, 0.5) is 0 Å². The van der Waals surface area contributed by atoms with Gasteiger partial charge in [-0.15, -0.1) is 0 Å². The maximum atomic E-state index is 12.5. The van der Waals surface area contributed by atoms with Crippen LogP contribution < -0.4 is 10.1 Å². The van der Waals surface area contributed by atoms with E-state index in [9.17, 15) is 4.79 Å². The van der Waals surface area contributed by atoms with Gasteiger partial charge in [-0.1, -0.05) is 0 Å². The molecule has 0 amide bonds. The minimum absolute atomic E-state index is 0.0326. The highest BCUT2D eigenvalue weighted by Gasteiger charge is 2.25. The number of nitrogens with one attached hydrogen (secondary N) is 2. The molecule has 1 aliphatic rings. The molecule has 4 heteroatoms. The molecule has 0 spiro atoms. The standard InChI is InChI=1S/C15H18N2O2/c1-2-19-10-5-6-13-11(8-10)12(9-17-13)15(18)14-4-3-7-16-14/h5-6,8-9,14,16-17H,2-4,7H2,1H3. The molecular weight excluding hydrogens is 240 g/mol. The first-order valence-corrected chi connectivity index (χ1v) is 6.81. The Labute approximate surface area is 112 Å². The number of fused-ring (bicyclic) bond motifs is 1. The van der Waals surface area contributed by atoms with E-state index in [1.165, 1.54) is 0 Å². The second-order valence-electron chi connectivity index (χ2n) is 4.86. The number of aromatic amines is 1. The Morgan fingerprint density at radius 3 is 3.11 bits per heavy atom. The highest BCUT2D eigenvalue weighted by atomic mass is 16.5. The first-order valence-electron chi connectivity index (χ1n) is 6.81. The molecule has 100 valence electrons. The van der Waals surface area contributed by atoms with Gasteiger partial charge in [0.05, 0.1) is 12.6 Å². The van der Waals surface area contributed by atoms with Crippen LogP contribution in [0, 0.1) is 0 Å². The van der Waals surface area contributed by atoms with Gasteiger partial charge in [0.2, 0.25) is 0 Å². The summed E-state index contributed by atoms with van der Waals surface area (Å²) < 4.78 is 5.50. The van der Waals surface area contributed by atoms with Crippen LogP contribution >= 0.6 is 0 Å². The van der Waals surface area contributed by atoms with Gasteiger partial charge in [0.25, 0.3) is 0 Å². The topological polar surface area (TPSA) is 54.1 Å². The van der Waals surface area contributed by atoms with E-state index >= 15 is 0 Å². The van der Waals surface area contributed by atoms with E-state index < -0.39 is 0 Å². The van der Waals surface area contributed by atoms with E-state index in [-0.39, 0.29) is 11.8 Å². The average molecular weight is 258 g/mol. The fraction of sp³-hybridized carbons (Fsp3) is 0.400. The maximum absolute atomic E-state index is 12.5. The summed E-state index contributed by atoms with van der Waals surface area (Å²) in [7, 11) is 0. The van der Waals surface area contributed by atoms with Crippen LogP contribution in [0.5, 0.6) is 5.75 Å². The van der Waals surface area contributed by atoms with Gasteiger partial charge in [0.1, 0.15) is 5.75 Å². The van der Waals surface area contributed by atoms with Crippen molar-refractivity contribution in [1.29, 1.82) is 0 Å². The van der Waals surface area contributed by atoms with Crippen molar-refractivity contribution < 1.29 is 9.53 Å². The molecule has 0 bridgehead atoms. The van der Waals surface area contributed by atoms with Gasteiger partial charge in [0.15, 0.2) is 5.78 Å². The number of aromatic nitrogens is 1. The summed E-state index contributed by atoms with van der Waals surface area (Å²) in [6.07, 6.45) is 3.81. The van der Waals surface area contributed by atoms with E-state index in [2.05, 4.69) is 10.3 Å². The van der Waals surface area contributed by atoms with Gasteiger partial charge >= 0.3 is 0 Å². The van der Waals surface area contributed by atoms with Gasteiger partial charge in [-0.25, -0.2) is 0 Å². The lowest BCUT2D eigenvalue weighted by atomic mass is 10.0. The quantitative estimate of drug-likeness (QED) is 0.828. The largest absolute Gasteiger partial charge is 0.494 e. The molecule has 1 unspecified atom stereocenters. The number of ketones is 1. The molecule has 0 saturated carbocycles. The summed E-state index contributed by atoms with van der Waals surface area (Å²) in [5.74, 6) is 0.987. The summed E-state index contributed by atoms with van der Waals surface area (Å²) in [6, 6.07) is 5.79. The molecule has 1 aromatic heterocycles. The predicted octanol–water partition coefficient (Wildman–Crippen LogP) is 2.50. The van der Waals surface area contributed by atoms with Gasteiger partial charge in [-0.2, -0.15) is 0 Å². The number of carbonyl (C=O) groups excluding carboxylic acids is 1. The van der Waals surface area contributed by atoms with Crippen LogP contribution in [0.15, 0.2) is 24.4 Å². The minimum Gasteiger partial charge on any atom is -0.494 e. The Balaban J connectivity index is 1.98. The van der Waals surface area contributed by atoms with Crippen LogP contribution in [0.3, 0.4) is 0 Å². The molecule has 0 aliphatic carbocycles. The number of Topliss-reactive ketones (excluding diaryl/α,β-unsaturated/α-hetero) is 1. The van der Waals surface area contributed by atoms with Crippen LogP contribution in [-0.2, 0) is 0 Å². The Morgan fingerprint density at radius 2 is 2.37 bits per heavy atom. The summed E-state index contributed by atoms with van der Waals surface area (Å²) >= 11 is 0. The molecule has 0 radical (unpaired) electrons. The molecule has 1 saturated heterocycles. The molecule has 1 aromatic carbocycles. The molecule has 3 rings (SSSR count). The predicted molar refractivity (Wildman–Crippen MR) is 74.8 cm³/mol. The number of hydrogen-bond acceptors (Lipinski definition) is 3. The highest BCUT2D eigenvalue weighted by Crippen LogP contribution is 2.25. The Bertz CT molecular complexity index is 597. The zero-order valence-electron chi connectivity index (χ0n) is 11.0. The molecule has 1 atom stereocenters. The Kier molecular flexibility index (Phi) is 3.25. The van der Waals surface area contributed by atoms with Gasteiger partial charge < -0.3 is 15.0 Å². The summed E-state index contributed by atoms with van der Waals surface area (Å²) in [4.78, 5) is 15.6. The van der Waals surface area contributed by atoms with Gasteiger partial charge in [-0.3, -0.25) is 4.79 Å². The molecule has 4 nitrogen and oxygen atoms in total. The summed E-state index contributed by atoms with van der Waals surface area (Å²) in [6.45, 7) is 3.52. The second kappa shape index (κ2) is 5.05. The minimum atomic E-state index is -0.0326. The SMILES string of the molecule is CCOc1ccc2[nH]cc(C(=O)C3CCCN3)c2c1. The monoisotopic (exact) mass is 258 g/mol. The van der Waals surface area contributed by atoms with E-state index in [1.807, 2.05) is 31.3 Å². The Hall–Kier alpha value is -1.81. The molecular formula is C15H18N2O2. The van der Waals surface area contributed by atoms with Crippen LogP contribution in [0.2, 0.25) is 0 Å². The van der Waals surface area contributed by atoms with Crippen LogP contribution in [0.1, 0.15) is 30.1 Å². The van der Waals surface area contributed by atoms with E-state index in [0.717, 1.165) is 41.6 Å². The van der Waals surface area contributed by atoms with Gasteiger partial charge in [-0.05, 0) is 44.5 Å². The third-order valence-corrected chi connectivity index (χ3v) is 3.61. The number of ether oxygens (including phenoxy) is 1. The molecule has 2 N–H and O–H groups in total. The molecule has 2 heterocycles. The highest BCUT2D eigenvalue weighted by molar-refractivity contribution is 6.10. The summed E-state index contributed by atoms with van der Waals surface area (Å²) in [5.41, 5.74) is 1.74. The van der Waals surface area contributed by atoms with Gasteiger partial charge in [0, 0.05) is 22.7 Å². The molecule has 1 aliphatic heterocycles. The first-order chi connectivity index (χ1) is 9.29. The zero-order chi connectivity index (χ0) is 13.2. The first kappa shape index (κ1) is 12.2. The molecule has 1 fully saturated rings. The fourth-order valence-electron chi connectivity index (χ4n) is 2.66. The molecule has 19 heavy (non-hydrogen) atoms. The third kappa shape index (κ3) is 2.24. The smallest absolute Gasteiger partial charge is 0.181 e. The van der Waals surface area contributed by atoms with Crippen molar-refractivity contribution in [2.75, 3.05) is 13.2 Å². The third-order valence-electron chi connectivity index (χ3n) is 3.61. The van der Waals surface area contributed by atoms with E-state index in [4.69, 9.17) is 4.74 Å². The number of rotatable bonds is 4. The molecule has 2 aromatic rings. The normalized spacial score (nSPS) is 18.9. The average Bonchev–Trinajstić information content (AvgIpc) is 3.07. The second-order valence-corrected chi connectivity index (χ2v) is 4.86. The number of hydrogen-bond donors (Lipinski definition) is 2. The maximum Gasteiger partial charge on any atom is 0.181 e. The van der Waals surface area contributed by atoms with Crippen molar-refractivity contribution in [2.45, 2.75) is 25.8 Å².